The molecule has 4 rings (SSSR count). The molecule has 2 N–H and O–H groups in total. The molecule has 0 spiro atoms. The largest absolute Gasteiger partial charge is 0.481 e. The minimum Gasteiger partial charge on any atom is -0.481 e. The number of rotatable bonds is 2. The van der Waals surface area contributed by atoms with Gasteiger partial charge in [-0.05, 0) is 23.8 Å². The van der Waals surface area contributed by atoms with Crippen molar-refractivity contribution in [2.24, 2.45) is 0 Å². The van der Waals surface area contributed by atoms with Gasteiger partial charge in [-0.2, -0.15) is 0 Å². The van der Waals surface area contributed by atoms with Crippen molar-refractivity contribution < 1.29 is 15.1 Å². The number of nitrogens with zero attached hydrogens (tertiary/aromatic N) is 2. The molecule has 1 aliphatic heterocycles. The molecule has 0 unspecified atom stereocenters. The van der Waals surface area contributed by atoms with Gasteiger partial charge >= 0.3 is 5.97 Å². The van der Waals surface area contributed by atoms with Gasteiger partial charge in [0.05, 0.1) is 29.9 Å². The third kappa shape index (κ3) is 1.72. The van der Waals surface area contributed by atoms with Gasteiger partial charge in [-0.25, -0.2) is 5.06 Å². The van der Waals surface area contributed by atoms with Crippen molar-refractivity contribution in [3.05, 3.63) is 59.8 Å². The number of carboxylic acids is 1. The van der Waals surface area contributed by atoms with E-state index in [2.05, 4.69) is 4.57 Å². The van der Waals surface area contributed by atoms with Gasteiger partial charge in [0.15, 0.2) is 0 Å². The second kappa shape index (κ2) is 4.61. The highest BCUT2D eigenvalue weighted by Crippen LogP contribution is 2.38. The lowest BCUT2D eigenvalue weighted by molar-refractivity contribution is -0.136. The molecule has 0 amide bonds. The molecule has 0 aliphatic carbocycles. The maximum atomic E-state index is 11.2. The van der Waals surface area contributed by atoms with Crippen LogP contribution in [0.5, 0.6) is 0 Å². The average Bonchev–Trinajstić information content (AvgIpc) is 2.82. The number of benzene rings is 2. The fourth-order valence-electron chi connectivity index (χ4n) is 3.25. The van der Waals surface area contributed by atoms with Gasteiger partial charge in [-0.15, -0.1) is 0 Å². The fourth-order valence-corrected chi connectivity index (χ4v) is 3.25. The summed E-state index contributed by atoms with van der Waals surface area (Å²) in [6.07, 6.45) is -0.0567. The number of carbonyl (C=O) groups is 1. The van der Waals surface area contributed by atoms with Crippen LogP contribution in [0, 0.1) is 0 Å². The standard InChI is InChI=1S/C17H14N2O3/c20-17(21)9-12-11-5-1-2-6-13(11)19-15-8-4-3-7-14(15)18(22)10-16(12)19/h1-8,22H,9-10H2,(H,20,21). The topological polar surface area (TPSA) is 65.7 Å². The zero-order valence-electron chi connectivity index (χ0n) is 11.7. The molecule has 5 nitrogen and oxygen atoms in total. The number of aliphatic carboxylic acids is 1. The van der Waals surface area contributed by atoms with E-state index in [9.17, 15) is 15.1 Å². The lowest BCUT2D eigenvalue weighted by atomic mass is 10.1. The van der Waals surface area contributed by atoms with Gasteiger partial charge in [-0.3, -0.25) is 10.0 Å². The van der Waals surface area contributed by atoms with E-state index < -0.39 is 5.97 Å². The van der Waals surface area contributed by atoms with Crippen LogP contribution in [-0.4, -0.2) is 20.9 Å². The molecule has 0 atom stereocenters. The first-order chi connectivity index (χ1) is 10.7. The molecule has 0 bridgehead atoms. The van der Waals surface area contributed by atoms with Crippen LogP contribution >= 0.6 is 0 Å². The Balaban J connectivity index is 2.10. The second-order valence-electron chi connectivity index (χ2n) is 5.39. The number of carboxylic acid groups (broad SMARTS) is 1. The highest BCUT2D eigenvalue weighted by molar-refractivity contribution is 5.92. The summed E-state index contributed by atoms with van der Waals surface area (Å²) in [6, 6.07) is 15.3. The van der Waals surface area contributed by atoms with E-state index in [4.69, 9.17) is 0 Å². The quantitative estimate of drug-likeness (QED) is 0.762. The molecule has 0 saturated heterocycles. The lowest BCUT2D eigenvalue weighted by Crippen LogP contribution is -2.26. The van der Waals surface area contributed by atoms with Gasteiger partial charge in [0.2, 0.25) is 0 Å². The van der Waals surface area contributed by atoms with Crippen LogP contribution in [0.4, 0.5) is 5.69 Å². The van der Waals surface area contributed by atoms with Crippen molar-refractivity contribution in [1.29, 1.82) is 0 Å². The van der Waals surface area contributed by atoms with E-state index in [1.807, 2.05) is 48.5 Å². The number of hydrogen-bond acceptors (Lipinski definition) is 3. The molecule has 2 aromatic carbocycles. The van der Waals surface area contributed by atoms with E-state index >= 15 is 0 Å². The molecular weight excluding hydrogens is 280 g/mol. The molecule has 22 heavy (non-hydrogen) atoms. The minimum atomic E-state index is -0.873. The molecule has 0 radical (unpaired) electrons. The summed E-state index contributed by atoms with van der Waals surface area (Å²) in [5.74, 6) is -0.873. The van der Waals surface area contributed by atoms with Crippen LogP contribution in [0.15, 0.2) is 48.5 Å². The summed E-state index contributed by atoms with van der Waals surface area (Å²) in [5, 5.41) is 21.6. The van der Waals surface area contributed by atoms with Crippen molar-refractivity contribution in [3.8, 4) is 5.69 Å². The Morgan fingerprint density at radius 3 is 2.50 bits per heavy atom. The van der Waals surface area contributed by atoms with Crippen molar-refractivity contribution in [1.82, 2.24) is 4.57 Å². The highest BCUT2D eigenvalue weighted by atomic mass is 16.5. The molecule has 1 aromatic heterocycles. The zero-order valence-corrected chi connectivity index (χ0v) is 11.7. The average molecular weight is 294 g/mol. The summed E-state index contributed by atoms with van der Waals surface area (Å²) >= 11 is 0. The van der Waals surface area contributed by atoms with Crippen molar-refractivity contribution in [2.45, 2.75) is 13.0 Å². The molecule has 5 heteroatoms. The Labute approximate surface area is 126 Å². The first kappa shape index (κ1) is 12.9. The lowest BCUT2D eigenvalue weighted by Gasteiger charge is -2.28. The van der Waals surface area contributed by atoms with Crippen molar-refractivity contribution in [3.63, 3.8) is 0 Å². The third-order valence-electron chi connectivity index (χ3n) is 4.12. The SMILES string of the molecule is O=C(O)Cc1c2n(c3ccccc13)-c1ccccc1N(O)C2. The normalized spacial score (nSPS) is 13.0. The summed E-state index contributed by atoms with van der Waals surface area (Å²) in [5.41, 5.74) is 4.13. The fraction of sp³-hybridized carbons (Fsp3) is 0.118. The number of fused-ring (bicyclic) bond motifs is 5. The van der Waals surface area contributed by atoms with Crippen LogP contribution in [-0.2, 0) is 17.8 Å². The summed E-state index contributed by atoms with van der Waals surface area (Å²) in [4.78, 5) is 11.2. The predicted molar refractivity (Wildman–Crippen MR) is 82.6 cm³/mol. The van der Waals surface area contributed by atoms with E-state index in [0.29, 0.717) is 0 Å². The Kier molecular flexibility index (Phi) is 2.71. The van der Waals surface area contributed by atoms with Crippen molar-refractivity contribution >= 4 is 22.6 Å². The van der Waals surface area contributed by atoms with Crippen LogP contribution in [0.2, 0.25) is 0 Å². The third-order valence-corrected chi connectivity index (χ3v) is 4.12. The maximum absolute atomic E-state index is 11.2. The molecule has 1 aliphatic rings. The van der Waals surface area contributed by atoms with E-state index in [0.717, 1.165) is 33.5 Å². The summed E-state index contributed by atoms with van der Waals surface area (Å²) in [7, 11) is 0. The minimum absolute atomic E-state index is 0.0567. The van der Waals surface area contributed by atoms with Gasteiger partial charge in [-0.1, -0.05) is 30.3 Å². The monoisotopic (exact) mass is 294 g/mol. The van der Waals surface area contributed by atoms with E-state index in [1.165, 1.54) is 5.06 Å². The smallest absolute Gasteiger partial charge is 0.307 e. The first-order valence-electron chi connectivity index (χ1n) is 7.05. The van der Waals surface area contributed by atoms with E-state index in [-0.39, 0.29) is 13.0 Å². The number of hydrogen-bond donors (Lipinski definition) is 2. The van der Waals surface area contributed by atoms with Gasteiger partial charge in [0.25, 0.3) is 0 Å². The predicted octanol–water partition coefficient (Wildman–Crippen LogP) is 2.97. The number of anilines is 1. The number of para-hydroxylation sites is 3. The van der Waals surface area contributed by atoms with Gasteiger partial charge in [0, 0.05) is 11.1 Å². The van der Waals surface area contributed by atoms with Gasteiger partial charge in [0.1, 0.15) is 0 Å². The maximum Gasteiger partial charge on any atom is 0.307 e. The van der Waals surface area contributed by atoms with Crippen LogP contribution < -0.4 is 5.06 Å². The van der Waals surface area contributed by atoms with Crippen LogP contribution in [0.1, 0.15) is 11.3 Å². The summed E-state index contributed by atoms with van der Waals surface area (Å²) < 4.78 is 2.05. The zero-order chi connectivity index (χ0) is 15.3. The Morgan fingerprint density at radius 1 is 1.05 bits per heavy atom. The molecule has 110 valence electrons. The molecular formula is C17H14N2O3. The summed E-state index contributed by atoms with van der Waals surface area (Å²) in [6.45, 7) is 0.272. The molecule has 0 fully saturated rings. The first-order valence-corrected chi connectivity index (χ1v) is 7.05. The number of hydroxylamine groups is 1. The Bertz CT molecular complexity index is 898. The second-order valence-corrected chi connectivity index (χ2v) is 5.39. The molecule has 0 saturated carbocycles. The molecule has 2 heterocycles. The Hall–Kier alpha value is -2.79. The van der Waals surface area contributed by atoms with Crippen LogP contribution in [0.3, 0.4) is 0 Å². The van der Waals surface area contributed by atoms with E-state index in [1.54, 1.807) is 0 Å². The van der Waals surface area contributed by atoms with Crippen molar-refractivity contribution in [2.75, 3.05) is 5.06 Å². The van der Waals surface area contributed by atoms with Crippen LogP contribution in [0.25, 0.3) is 16.6 Å². The van der Waals surface area contributed by atoms with Gasteiger partial charge < -0.3 is 9.67 Å². The number of aromatic nitrogens is 1. The Morgan fingerprint density at radius 2 is 1.73 bits per heavy atom. The molecule has 3 aromatic rings. The highest BCUT2D eigenvalue weighted by Gasteiger charge is 2.27.